The molecule has 0 radical (unpaired) electrons. The van der Waals surface area contributed by atoms with Crippen molar-refractivity contribution in [2.24, 2.45) is 0 Å². The summed E-state index contributed by atoms with van der Waals surface area (Å²) < 4.78 is 41.7. The minimum atomic E-state index is -3.92. The van der Waals surface area contributed by atoms with Crippen molar-refractivity contribution in [3.63, 3.8) is 0 Å². The lowest BCUT2D eigenvalue weighted by Gasteiger charge is -2.10. The van der Waals surface area contributed by atoms with Gasteiger partial charge in [-0.05, 0) is 78.7 Å². The summed E-state index contributed by atoms with van der Waals surface area (Å²) >= 11 is 0. The summed E-state index contributed by atoms with van der Waals surface area (Å²) in [5.41, 5.74) is 4.13. The van der Waals surface area contributed by atoms with Crippen LogP contribution in [0.15, 0.2) is 102 Å². The van der Waals surface area contributed by atoms with Crippen LogP contribution in [0.4, 0.5) is 15.8 Å². The van der Waals surface area contributed by atoms with Crippen LogP contribution in [0, 0.1) is 12.7 Å². The molecule has 0 fully saturated rings. The van der Waals surface area contributed by atoms with E-state index in [1.165, 1.54) is 42.5 Å². The Bertz CT molecular complexity index is 1760. The molecule has 0 bridgehead atoms. The maximum Gasteiger partial charge on any atom is 0.261 e. The Balaban J connectivity index is 1.32. The van der Waals surface area contributed by atoms with Crippen molar-refractivity contribution < 1.29 is 17.6 Å². The number of anilines is 2. The van der Waals surface area contributed by atoms with Gasteiger partial charge in [-0.1, -0.05) is 36.4 Å². The van der Waals surface area contributed by atoms with Gasteiger partial charge < -0.3 is 10.3 Å². The number of aryl methyl sites for hydroxylation is 1. The second kappa shape index (κ2) is 10.3. The summed E-state index contributed by atoms with van der Waals surface area (Å²) in [6.45, 7) is 1.55. The van der Waals surface area contributed by atoms with Gasteiger partial charge in [-0.3, -0.25) is 9.52 Å². The maximum atomic E-state index is 13.5. The van der Waals surface area contributed by atoms with Gasteiger partial charge in [0.1, 0.15) is 11.6 Å². The third-order valence-corrected chi connectivity index (χ3v) is 7.21. The summed E-state index contributed by atoms with van der Waals surface area (Å²) in [5, 5.41) is 2.86. The zero-order valence-corrected chi connectivity index (χ0v) is 21.1. The molecular weight excluding hydrogens is 503 g/mol. The third kappa shape index (κ3) is 5.47. The number of sulfonamides is 1. The topological polar surface area (TPSA) is 104 Å². The first kappa shape index (κ1) is 24.9. The van der Waals surface area contributed by atoms with Crippen molar-refractivity contribution in [1.29, 1.82) is 0 Å². The molecule has 0 unspecified atom stereocenters. The molecule has 1 heterocycles. The van der Waals surface area contributed by atoms with Crippen LogP contribution in [-0.2, 0) is 14.8 Å². The van der Waals surface area contributed by atoms with E-state index in [0.29, 0.717) is 22.6 Å². The number of rotatable bonds is 7. The van der Waals surface area contributed by atoms with Gasteiger partial charge in [0, 0.05) is 17.3 Å². The molecule has 0 saturated heterocycles. The van der Waals surface area contributed by atoms with Crippen LogP contribution >= 0.6 is 0 Å². The Kier molecular flexibility index (Phi) is 6.76. The summed E-state index contributed by atoms with van der Waals surface area (Å²) in [6.07, 6.45) is 2.86. The van der Waals surface area contributed by atoms with Gasteiger partial charge in [0.25, 0.3) is 10.0 Å². The molecule has 1 aromatic heterocycles. The smallest absolute Gasteiger partial charge is 0.261 e. The first-order valence-electron chi connectivity index (χ1n) is 11.7. The fourth-order valence-corrected chi connectivity index (χ4v) is 5.04. The van der Waals surface area contributed by atoms with E-state index in [1.807, 2.05) is 42.5 Å². The Labute approximate surface area is 219 Å². The molecule has 0 spiro atoms. The molecule has 0 saturated carbocycles. The van der Waals surface area contributed by atoms with Crippen LogP contribution in [0.25, 0.3) is 28.5 Å². The first-order chi connectivity index (χ1) is 18.3. The van der Waals surface area contributed by atoms with E-state index < -0.39 is 15.8 Å². The molecule has 0 aliphatic heterocycles. The minimum Gasteiger partial charge on any atom is -0.338 e. The van der Waals surface area contributed by atoms with Crippen LogP contribution in [0.5, 0.6) is 0 Å². The number of halogens is 1. The average molecular weight is 527 g/mol. The molecule has 3 N–H and O–H groups in total. The van der Waals surface area contributed by atoms with Crippen molar-refractivity contribution in [2.75, 3.05) is 10.0 Å². The van der Waals surface area contributed by atoms with Gasteiger partial charge in [0.15, 0.2) is 0 Å². The van der Waals surface area contributed by atoms with Crippen LogP contribution in [0.3, 0.4) is 0 Å². The largest absolute Gasteiger partial charge is 0.338 e. The van der Waals surface area contributed by atoms with Crippen LogP contribution < -0.4 is 10.0 Å². The van der Waals surface area contributed by atoms with Gasteiger partial charge in [-0.2, -0.15) is 0 Å². The lowest BCUT2D eigenvalue weighted by Crippen LogP contribution is -2.13. The molecule has 9 heteroatoms. The van der Waals surface area contributed by atoms with Gasteiger partial charge >= 0.3 is 0 Å². The Morgan fingerprint density at radius 2 is 1.74 bits per heavy atom. The summed E-state index contributed by atoms with van der Waals surface area (Å²) in [5.74, 6) is -0.173. The van der Waals surface area contributed by atoms with Crippen LogP contribution in [0.1, 0.15) is 11.1 Å². The second-order valence-corrected chi connectivity index (χ2v) is 10.3. The van der Waals surface area contributed by atoms with E-state index in [9.17, 15) is 17.6 Å². The molecule has 38 heavy (non-hydrogen) atoms. The number of nitrogens with zero attached hydrogens (tertiary/aromatic N) is 1. The van der Waals surface area contributed by atoms with E-state index in [4.69, 9.17) is 0 Å². The monoisotopic (exact) mass is 526 g/mol. The molecule has 7 nitrogen and oxygen atoms in total. The Morgan fingerprint density at radius 3 is 2.55 bits per heavy atom. The van der Waals surface area contributed by atoms with E-state index in [1.54, 1.807) is 25.1 Å². The Morgan fingerprint density at radius 1 is 0.947 bits per heavy atom. The highest BCUT2D eigenvalue weighted by molar-refractivity contribution is 7.92. The highest BCUT2D eigenvalue weighted by atomic mass is 32.2. The summed E-state index contributed by atoms with van der Waals surface area (Å²) in [7, 11) is -3.92. The highest BCUT2D eigenvalue weighted by Gasteiger charge is 2.15. The third-order valence-electron chi connectivity index (χ3n) is 5.84. The number of hydrogen-bond acceptors (Lipinski definition) is 4. The molecule has 1 amide bonds. The number of carbonyl (C=O) groups is 1. The molecule has 5 rings (SSSR count). The van der Waals surface area contributed by atoms with Crippen LogP contribution in [0.2, 0.25) is 0 Å². The quantitative estimate of drug-likeness (QED) is 0.222. The summed E-state index contributed by atoms with van der Waals surface area (Å²) in [4.78, 5) is 20.6. The minimum absolute atomic E-state index is 0.0114. The van der Waals surface area contributed by atoms with E-state index in [0.717, 1.165) is 16.6 Å². The molecule has 5 aromatic rings. The van der Waals surface area contributed by atoms with Crippen molar-refractivity contribution in [2.45, 2.75) is 11.8 Å². The summed E-state index contributed by atoms with van der Waals surface area (Å²) in [6, 6.07) is 25.1. The Hall–Kier alpha value is -4.76. The number of para-hydroxylation sites is 3. The number of H-pyrrole nitrogens is 1. The molecule has 4 aromatic carbocycles. The molecule has 190 valence electrons. The second-order valence-electron chi connectivity index (χ2n) is 8.61. The standard InChI is InChI=1S/C29H23FN4O3S/c1-19-17-21(14-15-24(19)30)34-38(36,37)22-8-6-7-20(18-22)13-16-28(35)31-25-10-3-2-9-23(25)29-32-26-11-4-5-12-27(26)33-29/h2-18,34H,1H3,(H,31,35)(H,32,33)/b16-13+. The van der Waals surface area contributed by atoms with E-state index >= 15 is 0 Å². The lowest BCUT2D eigenvalue weighted by molar-refractivity contribution is -0.111. The van der Waals surface area contributed by atoms with E-state index in [-0.39, 0.29) is 16.5 Å². The van der Waals surface area contributed by atoms with Crippen molar-refractivity contribution in [3.05, 3.63) is 114 Å². The zero-order valence-electron chi connectivity index (χ0n) is 20.3. The normalized spacial score (nSPS) is 11.6. The SMILES string of the molecule is Cc1cc(NS(=O)(=O)c2cccc(/C=C/C(=O)Nc3ccccc3-c3nc4ccccc4[nH]3)c2)ccc1F. The van der Waals surface area contributed by atoms with Gasteiger partial charge in [-0.15, -0.1) is 0 Å². The number of fused-ring (bicyclic) bond motifs is 1. The number of nitrogens with one attached hydrogen (secondary N) is 3. The number of aromatic nitrogens is 2. The van der Waals surface area contributed by atoms with Crippen LogP contribution in [-0.4, -0.2) is 24.3 Å². The van der Waals surface area contributed by atoms with Gasteiger partial charge in [-0.25, -0.2) is 17.8 Å². The molecule has 0 aliphatic carbocycles. The number of hydrogen-bond donors (Lipinski definition) is 3. The number of amides is 1. The van der Waals surface area contributed by atoms with E-state index in [2.05, 4.69) is 20.0 Å². The van der Waals surface area contributed by atoms with Crippen molar-refractivity contribution in [1.82, 2.24) is 9.97 Å². The van der Waals surface area contributed by atoms with Crippen molar-refractivity contribution >= 4 is 44.4 Å². The van der Waals surface area contributed by atoms with Gasteiger partial charge in [0.2, 0.25) is 5.91 Å². The molecule has 0 atom stereocenters. The predicted octanol–water partition coefficient (Wildman–Crippen LogP) is 6.13. The average Bonchev–Trinajstić information content (AvgIpc) is 3.34. The fraction of sp³-hybridized carbons (Fsp3) is 0.0345. The zero-order chi connectivity index (χ0) is 26.7. The number of imidazole rings is 1. The fourth-order valence-electron chi connectivity index (χ4n) is 3.93. The lowest BCUT2D eigenvalue weighted by atomic mass is 10.1. The highest BCUT2D eigenvalue weighted by Crippen LogP contribution is 2.27. The first-order valence-corrected chi connectivity index (χ1v) is 13.2. The maximum absolute atomic E-state index is 13.5. The molecular formula is C29H23FN4O3S. The van der Waals surface area contributed by atoms with Gasteiger partial charge in [0.05, 0.1) is 21.6 Å². The number of carbonyl (C=O) groups excluding carboxylic acids is 1. The molecule has 0 aliphatic rings. The van der Waals surface area contributed by atoms with Crippen molar-refractivity contribution in [3.8, 4) is 11.4 Å². The number of benzene rings is 4. The number of aromatic amines is 1. The predicted molar refractivity (Wildman–Crippen MR) is 148 cm³/mol.